The molecule has 0 saturated carbocycles. The van der Waals surface area contributed by atoms with E-state index in [1.807, 2.05) is 25.2 Å². The lowest BCUT2D eigenvalue weighted by Gasteiger charge is -2.36. The van der Waals surface area contributed by atoms with Gasteiger partial charge in [0.05, 0.1) is 18.8 Å². The molecule has 9 nitrogen and oxygen atoms in total. The number of hydrogen-bond donors (Lipinski definition) is 1. The molecule has 2 fully saturated rings. The van der Waals surface area contributed by atoms with Gasteiger partial charge in [-0.25, -0.2) is 0 Å². The van der Waals surface area contributed by atoms with Crippen molar-refractivity contribution in [2.24, 2.45) is 4.99 Å². The molecule has 0 aliphatic carbocycles. The van der Waals surface area contributed by atoms with E-state index in [1.165, 1.54) is 5.56 Å². The van der Waals surface area contributed by atoms with E-state index < -0.39 is 0 Å². The van der Waals surface area contributed by atoms with E-state index in [0.717, 1.165) is 38.7 Å². The summed E-state index contributed by atoms with van der Waals surface area (Å²) in [5.41, 5.74) is 2.02. The highest BCUT2D eigenvalue weighted by Gasteiger charge is 2.41. The number of fused-ring (bicyclic) bond motifs is 1. The third-order valence-corrected chi connectivity index (χ3v) is 6.14. The van der Waals surface area contributed by atoms with Gasteiger partial charge in [0.2, 0.25) is 0 Å². The van der Waals surface area contributed by atoms with Gasteiger partial charge < -0.3 is 19.5 Å². The van der Waals surface area contributed by atoms with Crippen molar-refractivity contribution in [3.05, 3.63) is 66.1 Å². The normalized spacial score (nSPS) is 21.2. The molecule has 0 radical (unpaired) electrons. The first kappa shape index (κ1) is 21.5. The number of ether oxygens (including phenoxy) is 1. The Kier molecular flexibility index (Phi) is 6.59. The molecular formula is C24H29N7O2. The number of nitrogens with one attached hydrogen (secondary N) is 1. The Balaban J connectivity index is 1.15. The zero-order chi connectivity index (χ0) is 22.5. The monoisotopic (exact) mass is 447 g/mol. The molecule has 0 amide bonds. The van der Waals surface area contributed by atoms with E-state index in [0.29, 0.717) is 36.4 Å². The first-order valence-electron chi connectivity index (χ1n) is 11.4. The van der Waals surface area contributed by atoms with E-state index in [-0.39, 0.29) is 6.10 Å². The minimum absolute atomic E-state index is 0.194. The summed E-state index contributed by atoms with van der Waals surface area (Å²) in [6, 6.07) is 16.6. The molecule has 2 aromatic heterocycles. The Labute approximate surface area is 193 Å². The van der Waals surface area contributed by atoms with Crippen LogP contribution in [-0.2, 0) is 17.7 Å². The van der Waals surface area contributed by atoms with Gasteiger partial charge >= 0.3 is 0 Å². The topological polar surface area (TPSA) is 91.9 Å². The Bertz CT molecular complexity index is 1060. The highest BCUT2D eigenvalue weighted by atomic mass is 16.5. The standard InChI is InChI=1S/C24H29N7O2/c1-25-24(27-12-10-22-28-23(33-29-22)19-9-5-6-11-26-19)31-16-20-21(17-31)32-14-13-30(20)15-18-7-3-2-4-8-18/h2-9,11,20-21H,10,12-17H2,1H3,(H,25,27). The number of morpholine rings is 1. The van der Waals surface area contributed by atoms with Gasteiger partial charge in [0.1, 0.15) is 5.69 Å². The molecule has 2 aliphatic rings. The van der Waals surface area contributed by atoms with E-state index in [2.05, 4.69) is 65.6 Å². The molecule has 2 aliphatic heterocycles. The number of hydrogen-bond acceptors (Lipinski definition) is 7. The number of aromatic nitrogens is 3. The summed E-state index contributed by atoms with van der Waals surface area (Å²) in [7, 11) is 1.82. The van der Waals surface area contributed by atoms with Crippen LogP contribution < -0.4 is 5.32 Å². The summed E-state index contributed by atoms with van der Waals surface area (Å²) >= 11 is 0. The summed E-state index contributed by atoms with van der Waals surface area (Å²) in [6.07, 6.45) is 2.54. The lowest BCUT2D eigenvalue weighted by Crippen LogP contribution is -2.50. The third-order valence-electron chi connectivity index (χ3n) is 6.14. The fourth-order valence-corrected chi connectivity index (χ4v) is 4.51. The summed E-state index contributed by atoms with van der Waals surface area (Å²) in [5, 5.41) is 7.52. The van der Waals surface area contributed by atoms with Gasteiger partial charge in [0.15, 0.2) is 11.8 Å². The van der Waals surface area contributed by atoms with Crippen molar-refractivity contribution in [2.75, 3.05) is 39.8 Å². The maximum Gasteiger partial charge on any atom is 0.276 e. The van der Waals surface area contributed by atoms with Crippen LogP contribution in [-0.4, -0.2) is 82.9 Å². The van der Waals surface area contributed by atoms with Gasteiger partial charge in [0.25, 0.3) is 5.89 Å². The zero-order valence-electron chi connectivity index (χ0n) is 18.8. The molecule has 1 aromatic carbocycles. The molecule has 33 heavy (non-hydrogen) atoms. The number of nitrogens with zero attached hydrogens (tertiary/aromatic N) is 6. The second-order valence-electron chi connectivity index (χ2n) is 8.29. The largest absolute Gasteiger partial charge is 0.373 e. The van der Waals surface area contributed by atoms with Gasteiger partial charge in [0, 0.05) is 52.4 Å². The average Bonchev–Trinajstić information content (AvgIpc) is 3.51. The minimum atomic E-state index is 0.194. The van der Waals surface area contributed by atoms with Gasteiger partial charge in [-0.1, -0.05) is 41.6 Å². The Morgan fingerprint density at radius 1 is 1.15 bits per heavy atom. The maximum atomic E-state index is 6.11. The molecule has 1 N–H and O–H groups in total. The van der Waals surface area contributed by atoms with Gasteiger partial charge in [-0.15, -0.1) is 0 Å². The van der Waals surface area contributed by atoms with Crippen LogP contribution in [0.4, 0.5) is 0 Å². The number of pyridine rings is 1. The van der Waals surface area contributed by atoms with Crippen LogP contribution >= 0.6 is 0 Å². The molecule has 9 heteroatoms. The van der Waals surface area contributed by atoms with Crippen molar-refractivity contribution < 1.29 is 9.26 Å². The maximum absolute atomic E-state index is 6.11. The van der Waals surface area contributed by atoms with Crippen LogP contribution in [0.1, 0.15) is 11.4 Å². The van der Waals surface area contributed by atoms with Crippen molar-refractivity contribution in [1.29, 1.82) is 0 Å². The van der Waals surface area contributed by atoms with E-state index >= 15 is 0 Å². The zero-order valence-corrected chi connectivity index (χ0v) is 18.8. The molecule has 2 unspecified atom stereocenters. The van der Waals surface area contributed by atoms with Crippen LogP contribution in [0, 0.1) is 0 Å². The second-order valence-corrected chi connectivity index (χ2v) is 8.29. The first-order valence-corrected chi connectivity index (χ1v) is 11.4. The first-order chi connectivity index (χ1) is 16.3. The molecule has 4 heterocycles. The second kappa shape index (κ2) is 10.1. The number of benzene rings is 1. The smallest absolute Gasteiger partial charge is 0.276 e. The van der Waals surface area contributed by atoms with Crippen molar-refractivity contribution in [3.8, 4) is 11.6 Å². The van der Waals surface area contributed by atoms with Gasteiger partial charge in [-0.05, 0) is 17.7 Å². The predicted octanol–water partition coefficient (Wildman–Crippen LogP) is 1.83. The van der Waals surface area contributed by atoms with Gasteiger partial charge in [-0.2, -0.15) is 4.98 Å². The van der Waals surface area contributed by atoms with Crippen molar-refractivity contribution in [2.45, 2.75) is 25.1 Å². The van der Waals surface area contributed by atoms with Crippen LogP contribution in [0.5, 0.6) is 0 Å². The van der Waals surface area contributed by atoms with Crippen LogP contribution in [0.3, 0.4) is 0 Å². The quantitative estimate of drug-likeness (QED) is 0.452. The molecule has 5 rings (SSSR count). The van der Waals surface area contributed by atoms with Crippen LogP contribution in [0.2, 0.25) is 0 Å². The van der Waals surface area contributed by atoms with E-state index in [9.17, 15) is 0 Å². The summed E-state index contributed by atoms with van der Waals surface area (Å²) < 4.78 is 11.5. The number of likely N-dealkylation sites (tertiary alicyclic amines) is 1. The van der Waals surface area contributed by atoms with Crippen molar-refractivity contribution in [3.63, 3.8) is 0 Å². The molecule has 0 bridgehead atoms. The number of guanidine groups is 1. The molecular weight excluding hydrogens is 418 g/mol. The van der Waals surface area contributed by atoms with Crippen LogP contribution in [0.15, 0.2) is 64.2 Å². The highest BCUT2D eigenvalue weighted by Crippen LogP contribution is 2.24. The van der Waals surface area contributed by atoms with E-state index in [4.69, 9.17) is 9.26 Å². The van der Waals surface area contributed by atoms with Crippen molar-refractivity contribution >= 4 is 5.96 Å². The Hall–Kier alpha value is -3.30. The lowest BCUT2D eigenvalue weighted by molar-refractivity contribution is -0.0502. The summed E-state index contributed by atoms with van der Waals surface area (Å²) in [5.74, 6) is 1.96. The Morgan fingerprint density at radius 2 is 2.03 bits per heavy atom. The third kappa shape index (κ3) is 5.04. The predicted molar refractivity (Wildman–Crippen MR) is 125 cm³/mol. The SMILES string of the molecule is CN=C(NCCc1noc(-c2ccccn2)n1)N1CC2OCCN(Cc3ccccc3)C2C1. The fraction of sp³-hybridized carbons (Fsp3) is 0.417. The molecule has 3 aromatic rings. The summed E-state index contributed by atoms with van der Waals surface area (Å²) in [4.78, 5) is 18.0. The van der Waals surface area contributed by atoms with E-state index in [1.54, 1.807) is 6.20 Å². The molecule has 0 spiro atoms. The van der Waals surface area contributed by atoms with Crippen LogP contribution in [0.25, 0.3) is 11.6 Å². The average molecular weight is 448 g/mol. The summed E-state index contributed by atoms with van der Waals surface area (Å²) in [6.45, 7) is 5.05. The Morgan fingerprint density at radius 3 is 2.85 bits per heavy atom. The molecule has 2 atom stereocenters. The highest BCUT2D eigenvalue weighted by molar-refractivity contribution is 5.80. The minimum Gasteiger partial charge on any atom is -0.373 e. The lowest BCUT2D eigenvalue weighted by atomic mass is 10.1. The molecule has 172 valence electrons. The number of rotatable bonds is 6. The number of aliphatic imine (C=N–C) groups is 1. The van der Waals surface area contributed by atoms with Gasteiger partial charge in [-0.3, -0.25) is 14.9 Å². The van der Waals surface area contributed by atoms with Crippen molar-refractivity contribution in [1.82, 2.24) is 30.2 Å². The molecule has 2 saturated heterocycles. The fourth-order valence-electron chi connectivity index (χ4n) is 4.51.